The predicted octanol–water partition coefficient (Wildman–Crippen LogP) is 5.72. The van der Waals surface area contributed by atoms with Gasteiger partial charge in [-0.25, -0.2) is 0 Å². The van der Waals surface area contributed by atoms with Crippen molar-refractivity contribution < 1.29 is 9.59 Å². The number of nitrogens with one attached hydrogen (secondary N) is 2. The van der Waals surface area contributed by atoms with Gasteiger partial charge in [0.25, 0.3) is 5.91 Å². The Bertz CT molecular complexity index is 1080. The molecule has 0 atom stereocenters. The maximum Gasteiger partial charge on any atom is 0.257 e. The third-order valence-electron chi connectivity index (χ3n) is 4.28. The first-order valence-electron chi connectivity index (χ1n) is 8.59. The van der Waals surface area contributed by atoms with Gasteiger partial charge in [-0.3, -0.25) is 9.59 Å². The van der Waals surface area contributed by atoms with E-state index in [2.05, 4.69) is 26.6 Å². The summed E-state index contributed by atoms with van der Waals surface area (Å²) < 4.78 is 3.00. The first kappa shape index (κ1) is 20.2. The lowest BCUT2D eigenvalue weighted by atomic mass is 10.2. The van der Waals surface area contributed by atoms with Crippen molar-refractivity contribution in [3.05, 3.63) is 75.0 Å². The van der Waals surface area contributed by atoms with Crippen LogP contribution in [0.2, 0.25) is 5.02 Å². The monoisotopic (exact) mass is 459 g/mol. The summed E-state index contributed by atoms with van der Waals surface area (Å²) in [4.78, 5) is 24.0. The summed E-state index contributed by atoms with van der Waals surface area (Å²) in [5.74, 6) is -0.434. The molecule has 0 aliphatic rings. The highest BCUT2D eigenvalue weighted by Crippen LogP contribution is 2.27. The second-order valence-corrected chi connectivity index (χ2v) is 7.75. The summed E-state index contributed by atoms with van der Waals surface area (Å²) in [5, 5.41) is 5.86. The fraction of sp³-hybridized carbons (Fsp3) is 0.143. The number of nitrogens with zero attached hydrogens (tertiary/aromatic N) is 1. The molecule has 0 aliphatic carbocycles. The highest BCUT2D eigenvalue weighted by atomic mass is 79.9. The van der Waals surface area contributed by atoms with Crippen molar-refractivity contribution in [2.75, 3.05) is 10.6 Å². The van der Waals surface area contributed by atoms with E-state index in [1.165, 1.54) is 6.92 Å². The molecule has 2 N–H and O–H groups in total. The fourth-order valence-corrected chi connectivity index (χ4v) is 3.70. The minimum atomic E-state index is -0.224. The molecule has 2 aromatic carbocycles. The largest absolute Gasteiger partial charge is 0.325 e. The molecule has 0 fully saturated rings. The molecule has 28 heavy (non-hydrogen) atoms. The molecule has 0 saturated heterocycles. The summed E-state index contributed by atoms with van der Waals surface area (Å²) in [7, 11) is 0. The summed E-state index contributed by atoms with van der Waals surface area (Å²) >= 11 is 9.67. The van der Waals surface area contributed by atoms with Gasteiger partial charge in [-0.05, 0) is 56.3 Å². The van der Waals surface area contributed by atoms with Gasteiger partial charge in [0.05, 0.1) is 16.3 Å². The second kappa shape index (κ2) is 8.20. The van der Waals surface area contributed by atoms with Gasteiger partial charge in [-0.15, -0.1) is 0 Å². The summed E-state index contributed by atoms with van der Waals surface area (Å²) in [6.07, 6.45) is 0. The van der Waals surface area contributed by atoms with Crippen LogP contribution in [-0.2, 0) is 4.79 Å². The molecular weight excluding hydrogens is 442 g/mol. The number of carbonyl (C=O) groups excluding carboxylic acids is 2. The highest BCUT2D eigenvalue weighted by molar-refractivity contribution is 9.10. The number of hydrogen-bond donors (Lipinski definition) is 2. The Labute approximate surface area is 176 Å². The zero-order valence-corrected chi connectivity index (χ0v) is 18.0. The lowest BCUT2D eigenvalue weighted by Crippen LogP contribution is -2.13. The van der Waals surface area contributed by atoms with Crippen LogP contribution in [-0.4, -0.2) is 16.4 Å². The first-order chi connectivity index (χ1) is 13.3. The van der Waals surface area contributed by atoms with Gasteiger partial charge in [0, 0.05) is 34.2 Å². The molecule has 0 radical (unpaired) electrons. The number of rotatable bonds is 4. The fourth-order valence-electron chi connectivity index (χ4n) is 3.09. The molecule has 0 saturated carbocycles. The van der Waals surface area contributed by atoms with Crippen molar-refractivity contribution in [2.45, 2.75) is 20.8 Å². The van der Waals surface area contributed by atoms with Crippen molar-refractivity contribution in [1.82, 2.24) is 4.57 Å². The van der Waals surface area contributed by atoms with Crippen molar-refractivity contribution in [3.8, 4) is 5.69 Å². The van der Waals surface area contributed by atoms with Crippen molar-refractivity contribution >= 4 is 50.7 Å². The predicted molar refractivity (Wildman–Crippen MR) is 117 cm³/mol. The van der Waals surface area contributed by atoms with Crippen LogP contribution < -0.4 is 10.6 Å². The van der Waals surface area contributed by atoms with Gasteiger partial charge < -0.3 is 15.2 Å². The number of anilines is 2. The Hall–Kier alpha value is -2.57. The minimum absolute atomic E-state index is 0.210. The third-order valence-corrected chi connectivity index (χ3v) is 5.09. The van der Waals surface area contributed by atoms with Gasteiger partial charge in [0.1, 0.15) is 0 Å². The molecule has 0 unspecified atom stereocenters. The lowest BCUT2D eigenvalue weighted by Gasteiger charge is -2.11. The average molecular weight is 461 g/mol. The van der Waals surface area contributed by atoms with Crippen LogP contribution in [0.1, 0.15) is 28.7 Å². The van der Waals surface area contributed by atoms with Crippen LogP contribution in [0.15, 0.2) is 53.0 Å². The van der Waals surface area contributed by atoms with E-state index in [1.54, 1.807) is 18.2 Å². The minimum Gasteiger partial charge on any atom is -0.325 e. The lowest BCUT2D eigenvalue weighted by molar-refractivity contribution is -0.114. The normalized spacial score (nSPS) is 10.6. The summed E-state index contributed by atoms with van der Waals surface area (Å²) in [6, 6.07) is 14.7. The van der Waals surface area contributed by atoms with E-state index in [9.17, 15) is 9.59 Å². The van der Waals surface area contributed by atoms with Crippen LogP contribution in [0, 0.1) is 13.8 Å². The topological polar surface area (TPSA) is 63.1 Å². The maximum atomic E-state index is 12.8. The zero-order chi connectivity index (χ0) is 20.4. The molecule has 1 heterocycles. The second-order valence-electron chi connectivity index (χ2n) is 6.43. The Balaban J connectivity index is 1.87. The average Bonchev–Trinajstić information content (AvgIpc) is 2.91. The van der Waals surface area contributed by atoms with Gasteiger partial charge in [-0.2, -0.15) is 0 Å². The van der Waals surface area contributed by atoms with Gasteiger partial charge in [0.15, 0.2) is 0 Å². The van der Waals surface area contributed by atoms with E-state index in [0.717, 1.165) is 21.5 Å². The van der Waals surface area contributed by atoms with Crippen molar-refractivity contribution in [1.29, 1.82) is 0 Å². The standard InChI is InChI=1S/C21H19BrClN3O2/c1-12-9-18(13(2)26(12)17-6-4-5-15(22)10-17)21(28)25-16-7-8-20(19(23)11-16)24-14(3)27/h4-11H,1-3H3,(H,24,27)(H,25,28). The van der Waals surface area contributed by atoms with Crippen LogP contribution in [0.25, 0.3) is 5.69 Å². The van der Waals surface area contributed by atoms with Crippen LogP contribution in [0.3, 0.4) is 0 Å². The Morgan fingerprint density at radius 2 is 1.79 bits per heavy atom. The Kier molecular flexibility index (Phi) is 5.91. The molecular formula is C21H19BrClN3O2. The van der Waals surface area contributed by atoms with Crippen molar-refractivity contribution in [3.63, 3.8) is 0 Å². The Morgan fingerprint density at radius 1 is 1.04 bits per heavy atom. The van der Waals surface area contributed by atoms with E-state index in [-0.39, 0.29) is 11.8 Å². The molecule has 0 aliphatic heterocycles. The van der Waals surface area contributed by atoms with Crippen molar-refractivity contribution in [2.24, 2.45) is 0 Å². The highest BCUT2D eigenvalue weighted by Gasteiger charge is 2.17. The maximum absolute atomic E-state index is 12.8. The SMILES string of the molecule is CC(=O)Nc1ccc(NC(=O)c2cc(C)n(-c3cccc(Br)c3)c2C)cc1Cl. The number of hydrogen-bond acceptors (Lipinski definition) is 2. The van der Waals surface area contributed by atoms with E-state index in [4.69, 9.17) is 11.6 Å². The van der Waals surface area contributed by atoms with Crippen LogP contribution in [0.4, 0.5) is 11.4 Å². The smallest absolute Gasteiger partial charge is 0.257 e. The van der Waals surface area contributed by atoms with Gasteiger partial charge >= 0.3 is 0 Å². The number of halogens is 2. The molecule has 1 aromatic heterocycles. The molecule has 2 amide bonds. The van der Waals surface area contributed by atoms with E-state index < -0.39 is 0 Å². The van der Waals surface area contributed by atoms with E-state index >= 15 is 0 Å². The van der Waals surface area contributed by atoms with Crippen LogP contribution >= 0.6 is 27.5 Å². The molecule has 0 spiro atoms. The molecule has 7 heteroatoms. The van der Waals surface area contributed by atoms with E-state index in [1.807, 2.05) is 48.7 Å². The van der Waals surface area contributed by atoms with Gasteiger partial charge in [-0.1, -0.05) is 33.6 Å². The van der Waals surface area contributed by atoms with Crippen LogP contribution in [0.5, 0.6) is 0 Å². The first-order valence-corrected chi connectivity index (χ1v) is 9.76. The van der Waals surface area contributed by atoms with Gasteiger partial charge in [0.2, 0.25) is 5.91 Å². The Morgan fingerprint density at radius 3 is 2.43 bits per heavy atom. The van der Waals surface area contributed by atoms with E-state index in [0.29, 0.717) is 22.0 Å². The summed E-state index contributed by atoms with van der Waals surface area (Å²) in [5.41, 5.74) is 4.41. The number of aromatic nitrogens is 1. The molecule has 0 bridgehead atoms. The molecule has 144 valence electrons. The number of aryl methyl sites for hydroxylation is 1. The molecule has 5 nitrogen and oxygen atoms in total. The molecule has 3 aromatic rings. The zero-order valence-electron chi connectivity index (χ0n) is 15.6. The quantitative estimate of drug-likeness (QED) is 0.523. The molecule has 3 rings (SSSR count). The summed E-state index contributed by atoms with van der Waals surface area (Å²) in [6.45, 7) is 5.28. The number of amides is 2. The number of carbonyl (C=O) groups is 2. The third kappa shape index (κ3) is 4.29. The number of benzene rings is 2.